The second-order valence-corrected chi connectivity index (χ2v) is 5.98. The molecule has 0 aromatic carbocycles. The number of fused-ring (bicyclic) bond motifs is 1. The van der Waals surface area contributed by atoms with Crippen molar-refractivity contribution in [2.75, 3.05) is 45.9 Å². The highest BCUT2D eigenvalue weighted by Crippen LogP contribution is 2.48. The molecule has 0 spiro atoms. The average Bonchev–Trinajstić information content (AvgIpc) is 2.82. The molecule has 2 saturated heterocycles. The first-order valence-electron chi connectivity index (χ1n) is 7.46. The predicted octanol–water partition coefficient (Wildman–Crippen LogP) is 1.34. The zero-order valence-electron chi connectivity index (χ0n) is 10.9. The van der Waals surface area contributed by atoms with Gasteiger partial charge in [0, 0.05) is 13.2 Å². The molecule has 1 N–H and O–H groups in total. The Kier molecular flexibility index (Phi) is 3.99. The first-order valence-corrected chi connectivity index (χ1v) is 7.46. The normalized spacial score (nSPS) is 37.1. The van der Waals surface area contributed by atoms with E-state index in [2.05, 4.69) is 10.2 Å². The van der Waals surface area contributed by atoms with Gasteiger partial charge < -0.3 is 15.0 Å². The van der Waals surface area contributed by atoms with Crippen LogP contribution in [0.15, 0.2) is 0 Å². The van der Waals surface area contributed by atoms with Gasteiger partial charge in [-0.15, -0.1) is 0 Å². The molecule has 3 rings (SSSR count). The van der Waals surface area contributed by atoms with Gasteiger partial charge in [0.2, 0.25) is 0 Å². The van der Waals surface area contributed by atoms with Gasteiger partial charge in [-0.1, -0.05) is 6.42 Å². The summed E-state index contributed by atoms with van der Waals surface area (Å²) in [5.74, 6) is 2.81. The Morgan fingerprint density at radius 2 is 1.82 bits per heavy atom. The number of hydrogen-bond donors (Lipinski definition) is 1. The third-order valence-corrected chi connectivity index (χ3v) is 4.79. The monoisotopic (exact) mass is 238 g/mol. The Balaban J connectivity index is 1.19. The summed E-state index contributed by atoms with van der Waals surface area (Å²) in [5.41, 5.74) is 0. The largest absolute Gasteiger partial charge is 0.381 e. The van der Waals surface area contributed by atoms with E-state index in [1.807, 2.05) is 0 Å². The van der Waals surface area contributed by atoms with Crippen molar-refractivity contribution in [2.45, 2.75) is 25.7 Å². The molecule has 0 radical (unpaired) electrons. The minimum Gasteiger partial charge on any atom is -0.381 e. The summed E-state index contributed by atoms with van der Waals surface area (Å²) in [5, 5.41) is 3.43. The SMILES string of the molecule is C1CCN(CCCOCC2C3CNCC32)CC1. The lowest BCUT2D eigenvalue weighted by molar-refractivity contribution is 0.102. The maximum Gasteiger partial charge on any atom is 0.0500 e. The van der Waals surface area contributed by atoms with Gasteiger partial charge in [-0.2, -0.15) is 0 Å². The van der Waals surface area contributed by atoms with Gasteiger partial charge in [-0.05, 0) is 63.2 Å². The number of rotatable bonds is 6. The van der Waals surface area contributed by atoms with Gasteiger partial charge in [0.25, 0.3) is 0 Å². The molecule has 2 heterocycles. The summed E-state index contributed by atoms with van der Waals surface area (Å²) in [6, 6.07) is 0. The maximum absolute atomic E-state index is 5.83. The standard InChI is InChI=1S/C14H26N2O/c1-2-5-16(6-3-1)7-4-8-17-11-14-12-9-15-10-13(12)14/h12-15H,1-11H2. The van der Waals surface area contributed by atoms with Crippen LogP contribution in [0.2, 0.25) is 0 Å². The van der Waals surface area contributed by atoms with E-state index >= 15 is 0 Å². The number of likely N-dealkylation sites (tertiary alicyclic amines) is 1. The maximum atomic E-state index is 5.83. The molecule has 0 aromatic heterocycles. The fourth-order valence-electron chi connectivity index (χ4n) is 3.59. The van der Waals surface area contributed by atoms with Crippen LogP contribution in [0.4, 0.5) is 0 Å². The van der Waals surface area contributed by atoms with Crippen LogP contribution in [0.25, 0.3) is 0 Å². The molecule has 17 heavy (non-hydrogen) atoms. The number of ether oxygens (including phenoxy) is 1. The van der Waals surface area contributed by atoms with Crippen molar-refractivity contribution in [1.82, 2.24) is 10.2 Å². The smallest absolute Gasteiger partial charge is 0.0500 e. The van der Waals surface area contributed by atoms with E-state index in [9.17, 15) is 0 Å². The summed E-state index contributed by atoms with van der Waals surface area (Å²) >= 11 is 0. The summed E-state index contributed by atoms with van der Waals surface area (Å²) in [4.78, 5) is 2.60. The quantitative estimate of drug-likeness (QED) is 0.707. The number of nitrogens with one attached hydrogen (secondary N) is 1. The van der Waals surface area contributed by atoms with Crippen molar-refractivity contribution in [1.29, 1.82) is 0 Å². The molecular formula is C14H26N2O. The highest BCUT2D eigenvalue weighted by atomic mass is 16.5. The molecule has 1 saturated carbocycles. The molecule has 0 aromatic rings. The Morgan fingerprint density at radius 1 is 1.06 bits per heavy atom. The van der Waals surface area contributed by atoms with Gasteiger partial charge in [-0.3, -0.25) is 0 Å². The molecule has 1 aliphatic carbocycles. The minimum absolute atomic E-state index is 0.895. The minimum atomic E-state index is 0.895. The van der Waals surface area contributed by atoms with E-state index in [-0.39, 0.29) is 0 Å². The van der Waals surface area contributed by atoms with Crippen molar-refractivity contribution < 1.29 is 4.74 Å². The van der Waals surface area contributed by atoms with Crippen LogP contribution < -0.4 is 5.32 Å². The first kappa shape index (κ1) is 11.9. The highest BCUT2D eigenvalue weighted by Gasteiger charge is 2.52. The second-order valence-electron chi connectivity index (χ2n) is 5.98. The van der Waals surface area contributed by atoms with Crippen molar-refractivity contribution in [3.05, 3.63) is 0 Å². The van der Waals surface area contributed by atoms with Gasteiger partial charge >= 0.3 is 0 Å². The molecule has 0 amide bonds. The van der Waals surface area contributed by atoms with Crippen LogP contribution in [-0.4, -0.2) is 50.8 Å². The van der Waals surface area contributed by atoms with Crippen LogP contribution in [0.3, 0.4) is 0 Å². The van der Waals surface area contributed by atoms with Crippen LogP contribution in [0, 0.1) is 17.8 Å². The Labute approximate surface area is 105 Å². The lowest BCUT2D eigenvalue weighted by atomic mass is 10.1. The van der Waals surface area contributed by atoms with E-state index < -0.39 is 0 Å². The zero-order chi connectivity index (χ0) is 11.5. The fraction of sp³-hybridized carbons (Fsp3) is 1.00. The summed E-state index contributed by atoms with van der Waals surface area (Å²) in [6.07, 6.45) is 5.46. The van der Waals surface area contributed by atoms with Crippen molar-refractivity contribution >= 4 is 0 Å². The van der Waals surface area contributed by atoms with Crippen LogP contribution in [-0.2, 0) is 4.74 Å². The highest BCUT2D eigenvalue weighted by molar-refractivity contribution is 5.03. The Morgan fingerprint density at radius 3 is 2.59 bits per heavy atom. The molecule has 2 aliphatic heterocycles. The third kappa shape index (κ3) is 3.01. The summed E-state index contributed by atoms with van der Waals surface area (Å²) in [6.45, 7) is 8.37. The van der Waals surface area contributed by atoms with E-state index in [4.69, 9.17) is 4.74 Å². The van der Waals surface area contributed by atoms with Gasteiger partial charge in [-0.25, -0.2) is 0 Å². The topological polar surface area (TPSA) is 24.5 Å². The van der Waals surface area contributed by atoms with Crippen LogP contribution in [0.1, 0.15) is 25.7 Å². The number of piperidine rings is 2. The molecule has 3 nitrogen and oxygen atoms in total. The molecule has 2 atom stereocenters. The molecule has 3 aliphatic rings. The lowest BCUT2D eigenvalue weighted by Gasteiger charge is -2.26. The fourth-order valence-corrected chi connectivity index (χ4v) is 3.59. The average molecular weight is 238 g/mol. The molecule has 3 fully saturated rings. The summed E-state index contributed by atoms with van der Waals surface area (Å²) < 4.78 is 5.83. The lowest BCUT2D eigenvalue weighted by Crippen LogP contribution is -2.31. The predicted molar refractivity (Wildman–Crippen MR) is 69.1 cm³/mol. The van der Waals surface area contributed by atoms with Crippen LogP contribution in [0.5, 0.6) is 0 Å². The second kappa shape index (κ2) is 5.68. The van der Waals surface area contributed by atoms with Crippen molar-refractivity contribution in [3.63, 3.8) is 0 Å². The Hall–Kier alpha value is -0.120. The van der Waals surface area contributed by atoms with E-state index in [1.54, 1.807) is 0 Å². The molecule has 0 bridgehead atoms. The Bertz CT molecular complexity index is 226. The molecule has 3 heteroatoms. The molecule has 98 valence electrons. The zero-order valence-corrected chi connectivity index (χ0v) is 10.9. The van der Waals surface area contributed by atoms with Gasteiger partial charge in [0.1, 0.15) is 0 Å². The van der Waals surface area contributed by atoms with Crippen LogP contribution >= 0.6 is 0 Å². The third-order valence-electron chi connectivity index (χ3n) is 4.79. The first-order chi connectivity index (χ1) is 8.45. The van der Waals surface area contributed by atoms with Gasteiger partial charge in [0.15, 0.2) is 0 Å². The van der Waals surface area contributed by atoms with Crippen molar-refractivity contribution in [3.8, 4) is 0 Å². The van der Waals surface area contributed by atoms with Gasteiger partial charge in [0.05, 0.1) is 6.61 Å². The van der Waals surface area contributed by atoms with E-state index in [1.165, 1.54) is 58.4 Å². The number of hydrogen-bond acceptors (Lipinski definition) is 3. The summed E-state index contributed by atoms with van der Waals surface area (Å²) in [7, 11) is 0. The van der Waals surface area contributed by atoms with Crippen molar-refractivity contribution in [2.24, 2.45) is 17.8 Å². The molecular weight excluding hydrogens is 212 g/mol. The molecule has 2 unspecified atom stereocenters. The number of nitrogens with zero attached hydrogens (tertiary/aromatic N) is 1. The van der Waals surface area contributed by atoms with E-state index in [0.29, 0.717) is 0 Å². The van der Waals surface area contributed by atoms with E-state index in [0.717, 1.165) is 31.0 Å².